The summed E-state index contributed by atoms with van der Waals surface area (Å²) < 4.78 is 9.40. The van der Waals surface area contributed by atoms with Crippen molar-refractivity contribution < 1.29 is 9.05 Å². The van der Waals surface area contributed by atoms with Crippen LogP contribution in [-0.2, 0) is 9.05 Å². The smallest absolute Gasteiger partial charge is 0.253 e. The summed E-state index contributed by atoms with van der Waals surface area (Å²) in [5, 5.41) is 8.20. The topological polar surface area (TPSA) is 107 Å². The molecule has 14 heavy (non-hydrogen) atoms. The van der Waals surface area contributed by atoms with E-state index >= 15 is 0 Å². The molecule has 0 aliphatic rings. The van der Waals surface area contributed by atoms with Gasteiger partial charge in [-0.05, 0) is 13.8 Å². The average molecular weight is 220 g/mol. The molecule has 0 saturated carbocycles. The molecule has 0 rings (SSSR count). The van der Waals surface area contributed by atoms with E-state index in [1.54, 1.807) is 20.9 Å². The van der Waals surface area contributed by atoms with Gasteiger partial charge >= 0.3 is 0 Å². The molecule has 0 aliphatic carbocycles. The highest BCUT2D eigenvalue weighted by Crippen LogP contribution is 2.28. The second kappa shape index (κ2) is 10.4. The third-order valence-electron chi connectivity index (χ3n) is 0.976. The molecule has 0 radical (unpaired) electrons. The van der Waals surface area contributed by atoms with Crippen LogP contribution < -0.4 is 11.2 Å². The Balaban J connectivity index is 0. The highest BCUT2D eigenvalue weighted by molar-refractivity contribution is 7.44. The van der Waals surface area contributed by atoms with Crippen molar-refractivity contribution in [2.45, 2.75) is 20.0 Å². The summed E-state index contributed by atoms with van der Waals surface area (Å²) in [5.74, 6) is 0.630. The van der Waals surface area contributed by atoms with E-state index in [1.165, 1.54) is 7.11 Å². The summed E-state index contributed by atoms with van der Waals surface area (Å²) in [6, 6.07) is 1.86. The molecule has 2 unspecified atom stereocenters. The first kappa shape index (κ1) is 15.7. The Labute approximate surface area is 85.9 Å². The summed E-state index contributed by atoms with van der Waals surface area (Å²) in [7, 11) is 1.76. The number of rotatable bonds is 3. The van der Waals surface area contributed by atoms with Crippen LogP contribution >= 0.6 is 8.53 Å². The fourth-order valence-electron chi connectivity index (χ4n) is 0.222. The van der Waals surface area contributed by atoms with Crippen molar-refractivity contribution in [2.24, 2.45) is 16.2 Å². The van der Waals surface area contributed by atoms with Crippen LogP contribution in [-0.4, -0.2) is 26.1 Å². The van der Waals surface area contributed by atoms with Gasteiger partial charge in [-0.25, -0.2) is 0 Å². The number of aliphatic imine (C=N–C) groups is 1. The molecule has 82 valence electrons. The molecule has 0 spiro atoms. The quantitative estimate of drug-likeness (QED) is 0.414. The predicted octanol–water partition coefficient (Wildman–Crippen LogP) is 0.740. The maximum atomic E-state index is 8.20. The first-order valence-electron chi connectivity index (χ1n) is 3.82. The average Bonchev–Trinajstić information content (AvgIpc) is 2.18. The molecule has 0 amide bonds. The molecule has 0 aliphatic heterocycles. The molecule has 0 heterocycles. The van der Waals surface area contributed by atoms with E-state index < -0.39 is 14.6 Å². The maximum absolute atomic E-state index is 8.20. The predicted molar refractivity (Wildman–Crippen MR) is 57.5 cm³/mol. The summed E-state index contributed by atoms with van der Waals surface area (Å²) in [6.45, 7) is 3.36. The van der Waals surface area contributed by atoms with Crippen LogP contribution in [0.5, 0.6) is 0 Å². The third kappa shape index (κ3) is 13.8. The maximum Gasteiger partial charge on any atom is 0.253 e. The minimum absolute atomic E-state index is 0.485. The largest absolute Gasteiger partial charge is 0.388 e. The van der Waals surface area contributed by atoms with E-state index in [9.17, 15) is 0 Å². The summed E-state index contributed by atoms with van der Waals surface area (Å²) in [6.07, 6.45) is -0.485. The van der Waals surface area contributed by atoms with Crippen LogP contribution in [0, 0.1) is 11.3 Å². The van der Waals surface area contributed by atoms with Crippen LogP contribution in [0.15, 0.2) is 4.99 Å². The van der Waals surface area contributed by atoms with Crippen molar-refractivity contribution >= 4 is 14.4 Å². The third-order valence-corrected chi connectivity index (χ3v) is 1.86. The van der Waals surface area contributed by atoms with Gasteiger partial charge in [0.1, 0.15) is 6.10 Å². The molecule has 0 aromatic carbocycles. The number of nitrogens with two attached hydrogens (primary N) is 2. The lowest BCUT2D eigenvalue weighted by Gasteiger charge is -2.09. The van der Waals surface area contributed by atoms with Crippen molar-refractivity contribution in [3.8, 4) is 6.07 Å². The van der Waals surface area contributed by atoms with Crippen molar-refractivity contribution in [1.82, 2.24) is 0 Å². The van der Waals surface area contributed by atoms with Gasteiger partial charge in [0.05, 0.1) is 11.9 Å². The van der Waals surface area contributed by atoms with Gasteiger partial charge in [0.2, 0.25) is 0 Å². The lowest BCUT2D eigenvalue weighted by molar-refractivity contribution is 0.253. The lowest BCUT2D eigenvalue weighted by Crippen LogP contribution is -2.05. The van der Waals surface area contributed by atoms with Crippen LogP contribution in [0.1, 0.15) is 13.8 Å². The van der Waals surface area contributed by atoms with Gasteiger partial charge in [0.25, 0.3) is 8.53 Å². The minimum atomic E-state index is -1.35. The van der Waals surface area contributed by atoms with Gasteiger partial charge in [-0.1, -0.05) is 0 Å². The zero-order valence-electron chi connectivity index (χ0n) is 8.89. The second-order valence-electron chi connectivity index (χ2n) is 2.21. The fraction of sp³-hybridized carbons (Fsp3) is 0.714. The fourth-order valence-corrected chi connectivity index (χ4v) is 0.667. The lowest BCUT2D eigenvalue weighted by atomic mass is 10.5. The van der Waals surface area contributed by atoms with Crippen LogP contribution in [0.2, 0.25) is 0 Å². The standard InChI is InChI=1S/C4H9N2O2P.C3H8N2/c1-4(3-5)8-9(6)7-2;1-3(4)5-2/h4H,6H2,1-2H3;1-2H3,(H2,4,5). The molecular weight excluding hydrogens is 203 g/mol. The van der Waals surface area contributed by atoms with E-state index in [1.807, 2.05) is 6.07 Å². The van der Waals surface area contributed by atoms with Gasteiger partial charge in [-0.2, -0.15) is 5.26 Å². The van der Waals surface area contributed by atoms with Crippen LogP contribution in [0.3, 0.4) is 0 Å². The number of nitrogens with zero attached hydrogens (tertiary/aromatic N) is 2. The summed E-state index contributed by atoms with van der Waals surface area (Å²) >= 11 is 0. The van der Waals surface area contributed by atoms with Crippen molar-refractivity contribution in [3.63, 3.8) is 0 Å². The highest BCUT2D eigenvalue weighted by Gasteiger charge is 2.05. The highest BCUT2D eigenvalue weighted by atomic mass is 31.2. The Hall–Kier alpha value is -0.730. The Morgan fingerprint density at radius 2 is 2.07 bits per heavy atom. The van der Waals surface area contributed by atoms with Gasteiger partial charge in [-0.3, -0.25) is 10.5 Å². The van der Waals surface area contributed by atoms with E-state index in [0.717, 1.165) is 0 Å². The zero-order valence-corrected chi connectivity index (χ0v) is 9.78. The molecule has 0 aromatic heterocycles. The number of hydrogen-bond donors (Lipinski definition) is 2. The van der Waals surface area contributed by atoms with Crippen molar-refractivity contribution in [2.75, 3.05) is 14.2 Å². The second-order valence-corrected chi connectivity index (χ2v) is 3.36. The Morgan fingerprint density at radius 1 is 1.64 bits per heavy atom. The van der Waals surface area contributed by atoms with Crippen molar-refractivity contribution in [3.05, 3.63) is 0 Å². The SMILES string of the molecule is CN=C(C)N.COP(N)OC(C)C#N. The number of amidine groups is 1. The Kier molecular flexibility index (Phi) is 11.6. The normalized spacial score (nSPS) is 14.7. The summed E-state index contributed by atoms with van der Waals surface area (Å²) in [5.41, 5.74) is 10.3. The van der Waals surface area contributed by atoms with Gasteiger partial charge < -0.3 is 14.8 Å². The Morgan fingerprint density at radius 3 is 2.29 bits per heavy atom. The van der Waals surface area contributed by atoms with E-state index in [4.69, 9.17) is 21.0 Å². The van der Waals surface area contributed by atoms with E-state index in [-0.39, 0.29) is 0 Å². The van der Waals surface area contributed by atoms with Crippen LogP contribution in [0.4, 0.5) is 0 Å². The molecule has 7 heteroatoms. The van der Waals surface area contributed by atoms with E-state index in [2.05, 4.69) is 9.52 Å². The number of nitriles is 1. The first-order chi connectivity index (χ1) is 6.47. The molecular formula is C7H17N4O2P. The van der Waals surface area contributed by atoms with Crippen molar-refractivity contribution in [1.29, 1.82) is 5.26 Å². The van der Waals surface area contributed by atoms with E-state index in [0.29, 0.717) is 5.84 Å². The minimum Gasteiger partial charge on any atom is -0.388 e. The zero-order chi connectivity index (χ0) is 11.6. The molecule has 0 bridgehead atoms. The molecule has 2 atom stereocenters. The van der Waals surface area contributed by atoms with Gasteiger partial charge in [0.15, 0.2) is 0 Å². The molecule has 4 N–H and O–H groups in total. The molecule has 0 fully saturated rings. The molecule has 0 aromatic rings. The number of hydrogen-bond acceptors (Lipinski definition) is 5. The summed E-state index contributed by atoms with van der Waals surface area (Å²) in [4.78, 5) is 3.58. The molecule has 0 saturated heterocycles. The molecule has 6 nitrogen and oxygen atoms in total. The Bertz CT molecular complexity index is 200. The van der Waals surface area contributed by atoms with Gasteiger partial charge in [-0.15, -0.1) is 0 Å². The monoisotopic (exact) mass is 220 g/mol. The van der Waals surface area contributed by atoms with Crippen LogP contribution in [0.25, 0.3) is 0 Å². The first-order valence-corrected chi connectivity index (χ1v) is 5.06. The van der Waals surface area contributed by atoms with Gasteiger partial charge in [0, 0.05) is 14.2 Å².